The Balaban J connectivity index is 2.83. The average Bonchev–Trinajstić information content (AvgIpc) is 2.96. The fourth-order valence-electron chi connectivity index (χ4n) is 2.33. The van der Waals surface area contributed by atoms with Crippen molar-refractivity contribution in [2.45, 2.75) is 31.1 Å². The molecule has 2 N–H and O–H groups in total. The normalized spacial score (nSPS) is 21.2. The van der Waals surface area contributed by atoms with Crippen molar-refractivity contribution in [3.8, 4) is 0 Å². The van der Waals surface area contributed by atoms with E-state index in [9.17, 15) is 13.2 Å². The third-order valence-electron chi connectivity index (χ3n) is 3.42. The van der Waals surface area contributed by atoms with E-state index >= 15 is 0 Å². The largest absolute Gasteiger partial charge is 0.445 e. The number of likely N-dealkylation sites (tertiary alicyclic amines) is 1. The number of hydrogen-bond acceptors (Lipinski definition) is 7. The van der Waals surface area contributed by atoms with Crippen molar-refractivity contribution in [2.24, 2.45) is 5.16 Å². The van der Waals surface area contributed by atoms with Crippen molar-refractivity contribution in [3.05, 3.63) is 12.7 Å². The van der Waals surface area contributed by atoms with Gasteiger partial charge in [-0.15, -0.1) is 0 Å². The minimum atomic E-state index is -3.66. The molecule has 0 aromatic rings. The highest BCUT2D eigenvalue weighted by Gasteiger charge is 2.38. The predicted octanol–water partition coefficient (Wildman–Crippen LogP) is 0.518. The van der Waals surface area contributed by atoms with Crippen LogP contribution in [-0.4, -0.2) is 69.8 Å². The molecule has 1 aliphatic heterocycles. The molecule has 0 unspecified atom stereocenters. The van der Waals surface area contributed by atoms with Crippen LogP contribution in [0, 0.1) is 0 Å². The average molecular weight is 395 g/mol. The Bertz CT molecular complexity index is 582. The van der Waals surface area contributed by atoms with Crippen molar-refractivity contribution >= 4 is 34.6 Å². The van der Waals surface area contributed by atoms with Crippen molar-refractivity contribution in [3.63, 3.8) is 0 Å². The zero-order valence-electron chi connectivity index (χ0n) is 14.5. The van der Waals surface area contributed by atoms with Gasteiger partial charge in [0.05, 0.1) is 18.3 Å². The maximum Gasteiger partial charge on any atom is 0.410 e. The van der Waals surface area contributed by atoms with Gasteiger partial charge in [-0.1, -0.05) is 24.7 Å². The van der Waals surface area contributed by atoms with Gasteiger partial charge in [-0.3, -0.25) is 4.90 Å². The van der Waals surface area contributed by atoms with Crippen LogP contribution in [0.5, 0.6) is 0 Å². The smallest absolute Gasteiger partial charge is 0.410 e. The van der Waals surface area contributed by atoms with E-state index in [1.165, 1.54) is 18.1 Å². The minimum absolute atomic E-state index is 0.0711. The Morgan fingerprint density at radius 3 is 2.80 bits per heavy atom. The lowest BCUT2D eigenvalue weighted by atomic mass is 10.1. The van der Waals surface area contributed by atoms with Crippen LogP contribution in [0.3, 0.4) is 0 Å². The summed E-state index contributed by atoms with van der Waals surface area (Å²) in [6.07, 6.45) is 2.13. The SMILES string of the molecule is C=CCOC(=O)N1C[C@@H](S)C[C@H]1/C(CNS(=O)(=O)NCCC)=N/OC. The van der Waals surface area contributed by atoms with Crippen LogP contribution in [0.25, 0.3) is 0 Å². The summed E-state index contributed by atoms with van der Waals surface area (Å²) in [5, 5.41) is 3.82. The molecule has 0 bridgehead atoms. The fourth-order valence-corrected chi connectivity index (χ4v) is 3.62. The Kier molecular flexibility index (Phi) is 9.25. The van der Waals surface area contributed by atoms with Crippen LogP contribution >= 0.6 is 12.6 Å². The predicted molar refractivity (Wildman–Crippen MR) is 99.1 cm³/mol. The highest BCUT2D eigenvalue weighted by Crippen LogP contribution is 2.24. The number of thiol groups is 1. The van der Waals surface area contributed by atoms with Crippen LogP contribution in [0.4, 0.5) is 4.79 Å². The van der Waals surface area contributed by atoms with Gasteiger partial charge in [0.25, 0.3) is 10.2 Å². The van der Waals surface area contributed by atoms with Gasteiger partial charge in [0.2, 0.25) is 0 Å². The van der Waals surface area contributed by atoms with E-state index in [0.29, 0.717) is 31.6 Å². The number of carbonyl (C=O) groups is 1. The summed E-state index contributed by atoms with van der Waals surface area (Å²) < 4.78 is 33.6. The molecule has 0 spiro atoms. The van der Waals surface area contributed by atoms with E-state index in [0.717, 1.165) is 0 Å². The molecule has 1 rings (SSSR count). The van der Waals surface area contributed by atoms with Crippen LogP contribution in [-0.2, 0) is 19.8 Å². The molecule has 2 atom stereocenters. The van der Waals surface area contributed by atoms with E-state index in [1.807, 2.05) is 6.92 Å². The lowest BCUT2D eigenvalue weighted by Gasteiger charge is -2.24. The van der Waals surface area contributed by atoms with Crippen molar-refractivity contribution in [2.75, 3.05) is 33.4 Å². The molecule has 25 heavy (non-hydrogen) atoms. The highest BCUT2D eigenvalue weighted by atomic mass is 32.2. The summed E-state index contributed by atoms with van der Waals surface area (Å²) in [7, 11) is -2.30. The molecule has 0 aromatic carbocycles. The van der Waals surface area contributed by atoms with Crippen molar-refractivity contribution < 1.29 is 22.8 Å². The summed E-state index contributed by atoms with van der Waals surface area (Å²) in [6, 6.07) is -0.464. The minimum Gasteiger partial charge on any atom is -0.445 e. The van der Waals surface area contributed by atoms with Gasteiger partial charge in [-0.05, 0) is 12.8 Å². The van der Waals surface area contributed by atoms with E-state index in [1.54, 1.807) is 0 Å². The van der Waals surface area contributed by atoms with Crippen LogP contribution in [0.15, 0.2) is 17.8 Å². The Morgan fingerprint density at radius 2 is 2.20 bits per heavy atom. The molecule has 9 nitrogen and oxygen atoms in total. The number of rotatable bonds is 10. The lowest BCUT2D eigenvalue weighted by Crippen LogP contribution is -2.47. The molecule has 1 saturated heterocycles. The molecule has 0 radical (unpaired) electrons. The van der Waals surface area contributed by atoms with Gasteiger partial charge >= 0.3 is 6.09 Å². The highest BCUT2D eigenvalue weighted by molar-refractivity contribution is 7.87. The molecular formula is C14H26N4O5S2. The molecule has 0 aromatic heterocycles. The Labute approximate surface area is 154 Å². The molecule has 0 saturated carbocycles. The van der Waals surface area contributed by atoms with Crippen LogP contribution in [0.1, 0.15) is 19.8 Å². The maximum absolute atomic E-state index is 12.2. The fraction of sp³-hybridized carbons (Fsp3) is 0.714. The lowest BCUT2D eigenvalue weighted by molar-refractivity contribution is 0.115. The second kappa shape index (κ2) is 10.6. The first-order chi connectivity index (χ1) is 11.8. The zero-order valence-corrected chi connectivity index (χ0v) is 16.2. The summed E-state index contributed by atoms with van der Waals surface area (Å²) >= 11 is 4.41. The van der Waals surface area contributed by atoms with Crippen molar-refractivity contribution in [1.29, 1.82) is 0 Å². The topological polar surface area (TPSA) is 109 Å². The molecule has 144 valence electrons. The molecule has 11 heteroatoms. The molecule has 1 fully saturated rings. The zero-order chi connectivity index (χ0) is 18.9. The van der Waals surface area contributed by atoms with Gasteiger partial charge in [0.15, 0.2) is 0 Å². The molecule has 1 aliphatic rings. The number of nitrogens with zero attached hydrogens (tertiary/aromatic N) is 2. The molecule has 1 amide bonds. The van der Waals surface area contributed by atoms with E-state index in [4.69, 9.17) is 9.57 Å². The Morgan fingerprint density at radius 1 is 1.48 bits per heavy atom. The van der Waals surface area contributed by atoms with Crippen molar-refractivity contribution in [1.82, 2.24) is 14.3 Å². The van der Waals surface area contributed by atoms with Gasteiger partial charge in [-0.2, -0.15) is 25.8 Å². The van der Waals surface area contributed by atoms with E-state index in [2.05, 4.69) is 33.8 Å². The third-order valence-corrected chi connectivity index (χ3v) is 4.90. The summed E-state index contributed by atoms with van der Waals surface area (Å²) in [4.78, 5) is 18.5. The first-order valence-corrected chi connectivity index (χ1v) is 9.91. The third kappa shape index (κ3) is 7.22. The first-order valence-electron chi connectivity index (χ1n) is 7.91. The number of nitrogens with one attached hydrogen (secondary N) is 2. The molecule has 0 aliphatic carbocycles. The number of carbonyl (C=O) groups excluding carboxylic acids is 1. The first kappa shape index (κ1) is 21.7. The number of hydrogen-bond donors (Lipinski definition) is 3. The summed E-state index contributed by atoms with van der Waals surface area (Å²) in [5.41, 5.74) is 0.372. The Hall–Kier alpha value is -1.30. The monoisotopic (exact) mass is 394 g/mol. The summed E-state index contributed by atoms with van der Waals surface area (Å²) in [6.45, 7) is 6.05. The van der Waals surface area contributed by atoms with Crippen LogP contribution in [0.2, 0.25) is 0 Å². The standard InChI is InChI=1S/C14H26N4O5S2/c1-4-6-15-25(20,21)16-9-12(17-22-3)13-8-11(24)10-18(13)14(19)23-7-5-2/h5,11,13,15-16,24H,2,4,6-10H2,1,3H3/b17-12+/t11-,13-/m0/s1. The van der Waals surface area contributed by atoms with E-state index in [-0.39, 0.29) is 18.4 Å². The van der Waals surface area contributed by atoms with Gasteiger partial charge in [-0.25, -0.2) is 9.52 Å². The quantitative estimate of drug-likeness (QED) is 0.217. The second-order valence-corrected chi connectivity index (χ2v) is 7.72. The van der Waals surface area contributed by atoms with E-state index < -0.39 is 22.3 Å². The van der Waals surface area contributed by atoms with Gasteiger partial charge in [0, 0.05) is 18.3 Å². The van der Waals surface area contributed by atoms with Crippen LogP contribution < -0.4 is 9.44 Å². The maximum atomic E-state index is 12.2. The number of amides is 1. The van der Waals surface area contributed by atoms with Gasteiger partial charge < -0.3 is 9.57 Å². The summed E-state index contributed by atoms with van der Waals surface area (Å²) in [5.74, 6) is 0. The molecule has 1 heterocycles. The van der Waals surface area contributed by atoms with Gasteiger partial charge in [0.1, 0.15) is 13.7 Å². The molecular weight excluding hydrogens is 368 g/mol. The number of oxime groups is 1. The number of ether oxygens (including phenoxy) is 1. The second-order valence-electron chi connectivity index (χ2n) is 5.41.